The molecule has 0 aromatic carbocycles. The van der Waals surface area contributed by atoms with Gasteiger partial charge in [0.1, 0.15) is 5.84 Å². The van der Waals surface area contributed by atoms with Gasteiger partial charge in [0, 0.05) is 19.0 Å². The Morgan fingerprint density at radius 1 is 1.47 bits per heavy atom. The minimum Gasteiger partial charge on any atom is -0.409 e. The summed E-state index contributed by atoms with van der Waals surface area (Å²) in [5.74, 6) is 0.257. The fraction of sp³-hybridized carbons (Fsp3) is 0.900. The molecule has 0 amide bonds. The van der Waals surface area contributed by atoms with E-state index in [2.05, 4.69) is 17.0 Å². The van der Waals surface area contributed by atoms with Crippen molar-refractivity contribution in [3.05, 3.63) is 0 Å². The lowest BCUT2D eigenvalue weighted by atomic mass is 10.1. The van der Waals surface area contributed by atoms with Crippen molar-refractivity contribution in [3.63, 3.8) is 0 Å². The van der Waals surface area contributed by atoms with Crippen LogP contribution in [0, 0.1) is 5.92 Å². The van der Waals surface area contributed by atoms with E-state index in [1.165, 1.54) is 0 Å². The smallest absolute Gasteiger partial charge is 0.143 e. The summed E-state index contributed by atoms with van der Waals surface area (Å²) in [6, 6.07) is 0. The first-order chi connectivity index (χ1) is 7.15. The van der Waals surface area contributed by atoms with Crippen LogP contribution in [0.3, 0.4) is 0 Å². The van der Waals surface area contributed by atoms with E-state index in [1.54, 1.807) is 0 Å². The molecule has 0 fully saturated rings. The molecule has 0 aliphatic heterocycles. The number of unbranched alkanes of at least 4 members (excludes halogenated alkanes) is 1. The van der Waals surface area contributed by atoms with E-state index in [0.29, 0.717) is 6.54 Å². The molecule has 0 saturated carbocycles. The van der Waals surface area contributed by atoms with Crippen molar-refractivity contribution in [1.82, 2.24) is 4.90 Å². The predicted molar refractivity (Wildman–Crippen MR) is 61.0 cm³/mol. The van der Waals surface area contributed by atoms with Crippen LogP contribution in [0.4, 0.5) is 0 Å². The zero-order valence-corrected chi connectivity index (χ0v) is 9.69. The van der Waals surface area contributed by atoms with Gasteiger partial charge in [-0.3, -0.25) is 0 Å². The molecule has 0 bridgehead atoms. The Labute approximate surface area is 91.6 Å². The third kappa shape index (κ3) is 6.30. The highest BCUT2D eigenvalue weighted by Crippen LogP contribution is 2.02. The summed E-state index contributed by atoms with van der Waals surface area (Å²) in [6.07, 6.45) is 2.22. The lowest BCUT2D eigenvalue weighted by Crippen LogP contribution is -2.37. The summed E-state index contributed by atoms with van der Waals surface area (Å²) in [5.41, 5.74) is 5.50. The van der Waals surface area contributed by atoms with Crippen molar-refractivity contribution in [2.45, 2.75) is 26.7 Å². The van der Waals surface area contributed by atoms with Crippen LogP contribution < -0.4 is 5.73 Å². The summed E-state index contributed by atoms with van der Waals surface area (Å²) in [7, 11) is 0. The molecule has 1 unspecified atom stereocenters. The Balaban J connectivity index is 4.02. The topological polar surface area (TPSA) is 82.1 Å². The maximum Gasteiger partial charge on any atom is 0.143 e. The average Bonchev–Trinajstić information content (AvgIpc) is 2.24. The fourth-order valence-corrected chi connectivity index (χ4v) is 1.40. The molecule has 90 valence electrons. The SMILES string of the molecule is CCCCN(CCO)CC(C)C(N)=NO. The minimum atomic E-state index is 0.0124. The van der Waals surface area contributed by atoms with E-state index < -0.39 is 0 Å². The first-order valence-electron chi connectivity index (χ1n) is 5.46. The quantitative estimate of drug-likeness (QED) is 0.239. The lowest BCUT2D eigenvalue weighted by molar-refractivity contribution is 0.185. The van der Waals surface area contributed by atoms with Crippen LogP contribution in [-0.4, -0.2) is 47.3 Å². The number of aliphatic hydroxyl groups excluding tert-OH is 1. The number of nitrogens with two attached hydrogens (primary N) is 1. The van der Waals surface area contributed by atoms with E-state index in [-0.39, 0.29) is 18.4 Å². The first-order valence-corrected chi connectivity index (χ1v) is 5.46. The fourth-order valence-electron chi connectivity index (χ4n) is 1.40. The Hall–Kier alpha value is -0.810. The van der Waals surface area contributed by atoms with Gasteiger partial charge >= 0.3 is 0 Å². The molecule has 0 spiro atoms. The minimum absolute atomic E-state index is 0.0124. The average molecular weight is 217 g/mol. The molecule has 0 rings (SSSR count). The molecule has 0 aliphatic carbocycles. The van der Waals surface area contributed by atoms with Gasteiger partial charge in [-0.1, -0.05) is 25.4 Å². The molecule has 0 heterocycles. The second-order valence-electron chi connectivity index (χ2n) is 3.80. The summed E-state index contributed by atoms with van der Waals surface area (Å²) in [6.45, 7) is 6.49. The van der Waals surface area contributed by atoms with Gasteiger partial charge in [-0.15, -0.1) is 0 Å². The number of amidine groups is 1. The molecule has 5 heteroatoms. The van der Waals surface area contributed by atoms with Gasteiger partial charge in [0.2, 0.25) is 0 Å². The van der Waals surface area contributed by atoms with Gasteiger partial charge in [0.15, 0.2) is 0 Å². The maximum atomic E-state index is 8.89. The van der Waals surface area contributed by atoms with Gasteiger partial charge in [-0.2, -0.15) is 0 Å². The van der Waals surface area contributed by atoms with Crippen molar-refractivity contribution < 1.29 is 10.3 Å². The largest absolute Gasteiger partial charge is 0.409 e. The van der Waals surface area contributed by atoms with Crippen molar-refractivity contribution in [1.29, 1.82) is 0 Å². The maximum absolute atomic E-state index is 8.89. The highest BCUT2D eigenvalue weighted by molar-refractivity contribution is 5.82. The first kappa shape index (κ1) is 14.2. The molecule has 1 atom stereocenters. The molecule has 4 N–H and O–H groups in total. The molecule has 0 aromatic rings. The van der Waals surface area contributed by atoms with Crippen molar-refractivity contribution in [2.24, 2.45) is 16.8 Å². The number of rotatable bonds is 8. The molecular weight excluding hydrogens is 194 g/mol. The standard InChI is InChI=1S/C10H23N3O2/c1-3-4-5-13(6-7-14)8-9(2)10(11)12-15/h9,14-15H,3-8H2,1-2H3,(H2,11,12). The molecule has 15 heavy (non-hydrogen) atoms. The molecular formula is C10H23N3O2. The van der Waals surface area contributed by atoms with Gasteiger partial charge in [0.25, 0.3) is 0 Å². The second kappa shape index (κ2) is 8.49. The molecule has 0 saturated heterocycles. The van der Waals surface area contributed by atoms with Gasteiger partial charge in [-0.05, 0) is 13.0 Å². The summed E-state index contributed by atoms with van der Waals surface area (Å²) >= 11 is 0. The molecule has 5 nitrogen and oxygen atoms in total. The van der Waals surface area contributed by atoms with Crippen LogP contribution in [0.25, 0.3) is 0 Å². The number of hydrogen-bond acceptors (Lipinski definition) is 4. The van der Waals surface area contributed by atoms with E-state index in [1.807, 2.05) is 6.92 Å². The van der Waals surface area contributed by atoms with Crippen LogP contribution >= 0.6 is 0 Å². The van der Waals surface area contributed by atoms with Gasteiger partial charge in [-0.25, -0.2) is 0 Å². The monoisotopic (exact) mass is 217 g/mol. The van der Waals surface area contributed by atoms with E-state index in [9.17, 15) is 0 Å². The zero-order chi connectivity index (χ0) is 11.7. The molecule has 0 aliphatic rings. The zero-order valence-electron chi connectivity index (χ0n) is 9.69. The number of nitrogens with zero attached hydrogens (tertiary/aromatic N) is 2. The number of hydrogen-bond donors (Lipinski definition) is 3. The molecule has 0 radical (unpaired) electrons. The highest BCUT2D eigenvalue weighted by Gasteiger charge is 2.12. The molecule has 0 aromatic heterocycles. The van der Waals surface area contributed by atoms with E-state index in [0.717, 1.165) is 25.9 Å². The van der Waals surface area contributed by atoms with Crippen LogP contribution in [0.1, 0.15) is 26.7 Å². The summed E-state index contributed by atoms with van der Waals surface area (Å²) in [5, 5.41) is 20.4. The van der Waals surface area contributed by atoms with Crippen LogP contribution in [0.15, 0.2) is 5.16 Å². The van der Waals surface area contributed by atoms with Crippen LogP contribution in [0.5, 0.6) is 0 Å². The summed E-state index contributed by atoms with van der Waals surface area (Å²) < 4.78 is 0. The van der Waals surface area contributed by atoms with Crippen LogP contribution in [0.2, 0.25) is 0 Å². The Bertz CT molecular complexity index is 186. The summed E-state index contributed by atoms with van der Waals surface area (Å²) in [4.78, 5) is 2.13. The van der Waals surface area contributed by atoms with Crippen molar-refractivity contribution >= 4 is 5.84 Å². The predicted octanol–water partition coefficient (Wildman–Crippen LogP) is 0.463. The lowest BCUT2D eigenvalue weighted by Gasteiger charge is -2.24. The normalized spacial score (nSPS) is 14.5. The highest BCUT2D eigenvalue weighted by atomic mass is 16.4. The Morgan fingerprint density at radius 3 is 2.60 bits per heavy atom. The number of aliphatic hydroxyl groups is 1. The Kier molecular flexibility index (Phi) is 8.04. The second-order valence-corrected chi connectivity index (χ2v) is 3.80. The van der Waals surface area contributed by atoms with Gasteiger partial charge < -0.3 is 20.9 Å². The van der Waals surface area contributed by atoms with Crippen LogP contribution in [-0.2, 0) is 0 Å². The Morgan fingerprint density at radius 2 is 2.13 bits per heavy atom. The van der Waals surface area contributed by atoms with Crippen molar-refractivity contribution in [3.8, 4) is 0 Å². The van der Waals surface area contributed by atoms with E-state index >= 15 is 0 Å². The van der Waals surface area contributed by atoms with E-state index in [4.69, 9.17) is 16.0 Å². The van der Waals surface area contributed by atoms with Crippen molar-refractivity contribution in [2.75, 3.05) is 26.2 Å². The number of oxime groups is 1. The van der Waals surface area contributed by atoms with Gasteiger partial charge in [0.05, 0.1) is 6.61 Å². The third-order valence-corrected chi connectivity index (χ3v) is 2.40. The third-order valence-electron chi connectivity index (χ3n) is 2.40.